The van der Waals surface area contributed by atoms with Gasteiger partial charge in [-0.25, -0.2) is 13.1 Å². The highest BCUT2D eigenvalue weighted by atomic mass is 35.5. The first-order chi connectivity index (χ1) is 9.31. The fourth-order valence-electron chi connectivity index (χ4n) is 1.64. The molecule has 3 nitrogen and oxygen atoms in total. The summed E-state index contributed by atoms with van der Waals surface area (Å²) >= 11 is 18.7. The minimum atomic E-state index is -3.72. The SMILES string of the molecule is Cc1cccc(Cl)c1CNS(=O)(=O)c1cc(Cl)sc1Cl. The van der Waals surface area contributed by atoms with Gasteiger partial charge in [-0.05, 0) is 30.2 Å². The molecule has 2 rings (SSSR count). The molecule has 0 saturated carbocycles. The van der Waals surface area contributed by atoms with Gasteiger partial charge in [0.2, 0.25) is 10.0 Å². The highest BCUT2D eigenvalue weighted by Gasteiger charge is 2.21. The summed E-state index contributed by atoms with van der Waals surface area (Å²) in [5.74, 6) is 0. The fraction of sp³-hybridized carbons (Fsp3) is 0.167. The first kappa shape index (κ1) is 16.1. The van der Waals surface area contributed by atoms with Gasteiger partial charge < -0.3 is 0 Å². The third-order valence-corrected chi connectivity index (χ3v) is 6.22. The largest absolute Gasteiger partial charge is 0.243 e. The summed E-state index contributed by atoms with van der Waals surface area (Å²) in [6.45, 7) is 1.96. The first-order valence-corrected chi connectivity index (χ1v) is 8.93. The van der Waals surface area contributed by atoms with E-state index in [1.54, 1.807) is 6.07 Å². The summed E-state index contributed by atoms with van der Waals surface area (Å²) in [5, 5.41) is 0.516. The van der Waals surface area contributed by atoms with Gasteiger partial charge in [0.1, 0.15) is 9.23 Å². The number of hydrogen-bond donors (Lipinski definition) is 1. The highest BCUT2D eigenvalue weighted by Crippen LogP contribution is 2.34. The minimum Gasteiger partial charge on any atom is -0.207 e. The quantitative estimate of drug-likeness (QED) is 0.861. The summed E-state index contributed by atoms with van der Waals surface area (Å²) < 4.78 is 27.3. The second-order valence-corrected chi connectivity index (χ2v) is 8.48. The average Bonchev–Trinajstić information content (AvgIpc) is 2.68. The fourth-order valence-corrected chi connectivity index (χ4v) is 5.07. The van der Waals surface area contributed by atoms with E-state index in [9.17, 15) is 8.42 Å². The molecule has 0 aliphatic heterocycles. The standard InChI is InChI=1S/C12H10Cl3NO2S2/c1-7-3-2-4-9(13)8(7)6-16-20(17,18)10-5-11(14)19-12(10)15/h2-5,16H,6H2,1H3. The van der Waals surface area contributed by atoms with E-state index >= 15 is 0 Å². The van der Waals surface area contributed by atoms with Crippen LogP contribution in [-0.4, -0.2) is 8.42 Å². The van der Waals surface area contributed by atoms with E-state index in [1.165, 1.54) is 6.07 Å². The average molecular weight is 371 g/mol. The van der Waals surface area contributed by atoms with Crippen molar-refractivity contribution < 1.29 is 8.42 Å². The maximum atomic E-state index is 12.2. The Labute approximate surface area is 136 Å². The lowest BCUT2D eigenvalue weighted by Gasteiger charge is -2.10. The van der Waals surface area contributed by atoms with E-state index < -0.39 is 10.0 Å². The minimum absolute atomic E-state index is 0.0149. The Balaban J connectivity index is 2.24. The third-order valence-electron chi connectivity index (χ3n) is 2.71. The van der Waals surface area contributed by atoms with Gasteiger partial charge >= 0.3 is 0 Å². The van der Waals surface area contributed by atoms with Gasteiger partial charge in [-0.15, -0.1) is 11.3 Å². The number of thiophene rings is 1. The van der Waals surface area contributed by atoms with Crippen LogP contribution in [0.4, 0.5) is 0 Å². The number of benzene rings is 1. The van der Waals surface area contributed by atoms with E-state index in [4.69, 9.17) is 34.8 Å². The molecule has 0 spiro atoms. The molecule has 0 amide bonds. The first-order valence-electron chi connectivity index (χ1n) is 5.50. The second kappa shape index (κ2) is 6.22. The monoisotopic (exact) mass is 369 g/mol. The normalized spacial score (nSPS) is 11.8. The van der Waals surface area contributed by atoms with Gasteiger partial charge in [-0.3, -0.25) is 0 Å². The summed E-state index contributed by atoms with van der Waals surface area (Å²) in [6.07, 6.45) is 0. The second-order valence-electron chi connectivity index (χ2n) is 4.05. The van der Waals surface area contributed by atoms with Crippen molar-refractivity contribution >= 4 is 56.2 Å². The van der Waals surface area contributed by atoms with E-state index in [-0.39, 0.29) is 15.8 Å². The Morgan fingerprint density at radius 1 is 1.25 bits per heavy atom. The van der Waals surface area contributed by atoms with Gasteiger partial charge in [-0.1, -0.05) is 46.9 Å². The molecule has 0 aliphatic carbocycles. The molecule has 1 N–H and O–H groups in total. The zero-order chi connectivity index (χ0) is 14.9. The molecule has 0 atom stereocenters. The molecule has 1 heterocycles. The van der Waals surface area contributed by atoms with Gasteiger partial charge in [-0.2, -0.15) is 0 Å². The van der Waals surface area contributed by atoms with Crippen LogP contribution < -0.4 is 4.72 Å². The number of sulfonamides is 1. The van der Waals surface area contributed by atoms with E-state index in [0.717, 1.165) is 22.5 Å². The molecule has 1 aromatic carbocycles. The molecule has 0 bridgehead atoms. The summed E-state index contributed by atoms with van der Waals surface area (Å²) in [6, 6.07) is 6.72. The van der Waals surface area contributed by atoms with Crippen LogP contribution in [0.2, 0.25) is 13.7 Å². The van der Waals surface area contributed by atoms with Crippen molar-refractivity contribution in [2.45, 2.75) is 18.4 Å². The zero-order valence-corrected chi connectivity index (χ0v) is 14.2. The Morgan fingerprint density at radius 3 is 2.50 bits per heavy atom. The number of halogens is 3. The number of hydrogen-bond acceptors (Lipinski definition) is 3. The van der Waals surface area contributed by atoms with Crippen molar-refractivity contribution in [3.05, 3.63) is 49.1 Å². The molecule has 0 saturated heterocycles. The molecule has 2 aromatic rings. The van der Waals surface area contributed by atoms with Crippen LogP contribution in [0, 0.1) is 6.92 Å². The Bertz CT molecular complexity index is 721. The molecular formula is C12H10Cl3NO2S2. The lowest BCUT2D eigenvalue weighted by atomic mass is 10.1. The molecule has 0 fully saturated rings. The molecule has 0 radical (unpaired) electrons. The molecule has 0 unspecified atom stereocenters. The van der Waals surface area contributed by atoms with E-state index in [1.807, 2.05) is 19.1 Å². The summed E-state index contributed by atoms with van der Waals surface area (Å²) in [5.41, 5.74) is 1.64. The summed E-state index contributed by atoms with van der Waals surface area (Å²) in [4.78, 5) is -0.0149. The molecule has 108 valence electrons. The van der Waals surface area contributed by atoms with Gasteiger partial charge in [0, 0.05) is 11.6 Å². The predicted octanol–water partition coefficient (Wildman–Crippen LogP) is 4.50. The van der Waals surface area contributed by atoms with Crippen molar-refractivity contribution in [2.75, 3.05) is 0 Å². The van der Waals surface area contributed by atoms with Crippen LogP contribution in [0.5, 0.6) is 0 Å². The van der Waals surface area contributed by atoms with Crippen LogP contribution >= 0.6 is 46.1 Å². The Kier molecular flexibility index (Phi) is 5.00. The van der Waals surface area contributed by atoms with Crippen molar-refractivity contribution in [3.63, 3.8) is 0 Å². The third kappa shape index (κ3) is 3.47. The van der Waals surface area contributed by atoms with Gasteiger partial charge in [0.15, 0.2) is 0 Å². The highest BCUT2D eigenvalue weighted by molar-refractivity contribution is 7.89. The van der Waals surface area contributed by atoms with Gasteiger partial charge in [0.05, 0.1) is 4.34 Å². The number of rotatable bonds is 4. The van der Waals surface area contributed by atoms with Crippen molar-refractivity contribution in [3.8, 4) is 0 Å². The molecule has 20 heavy (non-hydrogen) atoms. The smallest absolute Gasteiger partial charge is 0.207 e. The van der Waals surface area contributed by atoms with Crippen molar-refractivity contribution in [1.82, 2.24) is 4.72 Å². The zero-order valence-electron chi connectivity index (χ0n) is 10.3. The molecule has 1 aromatic heterocycles. The Hall–Kier alpha value is -0.300. The van der Waals surface area contributed by atoms with Gasteiger partial charge in [0.25, 0.3) is 0 Å². The lowest BCUT2D eigenvalue weighted by Crippen LogP contribution is -2.23. The molecular weight excluding hydrogens is 361 g/mol. The van der Waals surface area contributed by atoms with Crippen molar-refractivity contribution in [1.29, 1.82) is 0 Å². The Morgan fingerprint density at radius 2 is 1.95 bits per heavy atom. The van der Waals surface area contributed by atoms with Crippen LogP contribution in [0.25, 0.3) is 0 Å². The van der Waals surface area contributed by atoms with Crippen molar-refractivity contribution in [2.24, 2.45) is 0 Å². The van der Waals surface area contributed by atoms with Crippen LogP contribution in [0.1, 0.15) is 11.1 Å². The van der Waals surface area contributed by atoms with E-state index in [2.05, 4.69) is 4.72 Å². The molecule has 0 aliphatic rings. The summed E-state index contributed by atoms with van der Waals surface area (Å²) in [7, 11) is -3.72. The number of nitrogens with one attached hydrogen (secondary N) is 1. The van der Waals surface area contributed by atoms with Crippen LogP contribution in [0.15, 0.2) is 29.2 Å². The lowest BCUT2D eigenvalue weighted by molar-refractivity contribution is 0.581. The molecule has 8 heteroatoms. The van der Waals surface area contributed by atoms with E-state index in [0.29, 0.717) is 9.36 Å². The van der Waals surface area contributed by atoms with Crippen LogP contribution in [-0.2, 0) is 16.6 Å². The maximum Gasteiger partial charge on any atom is 0.243 e. The predicted molar refractivity (Wildman–Crippen MR) is 84.6 cm³/mol. The topological polar surface area (TPSA) is 46.2 Å². The maximum absolute atomic E-state index is 12.2. The van der Waals surface area contributed by atoms with Crippen LogP contribution in [0.3, 0.4) is 0 Å². The number of aryl methyl sites for hydroxylation is 1.